The van der Waals surface area contributed by atoms with E-state index in [2.05, 4.69) is 0 Å². The van der Waals surface area contributed by atoms with Crippen LogP contribution in [0, 0.1) is 0 Å². The summed E-state index contributed by atoms with van der Waals surface area (Å²) in [5, 5.41) is 0.927. The summed E-state index contributed by atoms with van der Waals surface area (Å²) in [4.78, 5) is 14.1. The van der Waals surface area contributed by atoms with E-state index >= 15 is 0 Å². The summed E-state index contributed by atoms with van der Waals surface area (Å²) in [5.41, 5.74) is 0. The van der Waals surface area contributed by atoms with E-state index in [1.54, 1.807) is 30.0 Å². The van der Waals surface area contributed by atoms with Gasteiger partial charge in [0.25, 0.3) is 5.91 Å². The van der Waals surface area contributed by atoms with Gasteiger partial charge in [0.1, 0.15) is 5.75 Å². The van der Waals surface area contributed by atoms with Crippen molar-refractivity contribution in [1.82, 2.24) is 4.90 Å². The summed E-state index contributed by atoms with van der Waals surface area (Å²) < 4.78 is 11.0. The molecule has 4 nitrogen and oxygen atoms in total. The van der Waals surface area contributed by atoms with Gasteiger partial charge in [-0.15, -0.1) is 0 Å². The molecule has 0 radical (unpaired) electrons. The Labute approximate surface area is 128 Å². The van der Waals surface area contributed by atoms with Crippen LogP contribution in [0.1, 0.15) is 13.8 Å². The quantitative estimate of drug-likeness (QED) is 0.860. The van der Waals surface area contributed by atoms with Gasteiger partial charge in [0, 0.05) is 18.1 Å². The Morgan fingerprint density at radius 2 is 2.25 bits per heavy atom. The fourth-order valence-electron chi connectivity index (χ4n) is 2.09. The lowest BCUT2D eigenvalue weighted by Gasteiger charge is -2.32. The number of halogens is 2. The smallest absolute Gasteiger partial charge is 0.263 e. The lowest BCUT2D eigenvalue weighted by molar-refractivity contribution is -0.144. The summed E-state index contributed by atoms with van der Waals surface area (Å²) >= 11 is 11.9. The third kappa shape index (κ3) is 3.78. The van der Waals surface area contributed by atoms with Gasteiger partial charge in [-0.2, -0.15) is 0 Å². The molecule has 1 aliphatic rings. The number of carbonyl (C=O) groups is 1. The maximum Gasteiger partial charge on any atom is 0.263 e. The Hall–Kier alpha value is -0.970. The Bertz CT molecular complexity index is 495. The van der Waals surface area contributed by atoms with Crippen molar-refractivity contribution in [3.8, 4) is 5.75 Å². The minimum absolute atomic E-state index is 0.0546. The number of benzene rings is 1. The number of rotatable bonds is 3. The first-order valence-electron chi connectivity index (χ1n) is 6.49. The summed E-state index contributed by atoms with van der Waals surface area (Å²) in [6, 6.07) is 4.93. The van der Waals surface area contributed by atoms with Gasteiger partial charge in [0.05, 0.1) is 17.7 Å². The maximum absolute atomic E-state index is 12.3. The second-order valence-electron chi connectivity index (χ2n) is 4.80. The molecule has 0 spiro atoms. The maximum atomic E-state index is 12.3. The molecule has 0 bridgehead atoms. The third-order valence-electron chi connectivity index (χ3n) is 3.10. The number of hydrogen-bond donors (Lipinski definition) is 0. The molecule has 1 fully saturated rings. The first-order chi connectivity index (χ1) is 9.47. The van der Waals surface area contributed by atoms with Crippen LogP contribution in [-0.4, -0.2) is 42.7 Å². The molecule has 2 atom stereocenters. The van der Waals surface area contributed by atoms with Crippen LogP contribution in [0.25, 0.3) is 0 Å². The Morgan fingerprint density at radius 3 is 2.90 bits per heavy atom. The summed E-state index contributed by atoms with van der Waals surface area (Å²) in [6.45, 7) is 5.39. The van der Waals surface area contributed by atoms with Crippen LogP contribution in [0.4, 0.5) is 0 Å². The number of carbonyl (C=O) groups excluding carboxylic acids is 1. The SMILES string of the molecule is CC1CN(C(=O)C(C)Oc2ccc(Cl)cc2Cl)CCO1. The highest BCUT2D eigenvalue weighted by atomic mass is 35.5. The van der Waals surface area contributed by atoms with E-state index in [9.17, 15) is 4.79 Å². The highest BCUT2D eigenvalue weighted by Gasteiger charge is 2.26. The van der Waals surface area contributed by atoms with Crippen LogP contribution in [-0.2, 0) is 9.53 Å². The zero-order valence-electron chi connectivity index (χ0n) is 11.4. The van der Waals surface area contributed by atoms with Gasteiger partial charge in [-0.3, -0.25) is 4.79 Å². The predicted molar refractivity (Wildman–Crippen MR) is 78.5 cm³/mol. The van der Waals surface area contributed by atoms with Crippen molar-refractivity contribution in [3.63, 3.8) is 0 Å². The van der Waals surface area contributed by atoms with Crippen LogP contribution < -0.4 is 4.74 Å². The molecule has 2 unspecified atom stereocenters. The van der Waals surface area contributed by atoms with E-state index in [0.717, 1.165) is 0 Å². The first-order valence-corrected chi connectivity index (χ1v) is 7.25. The van der Waals surface area contributed by atoms with Crippen LogP contribution in [0.5, 0.6) is 5.75 Å². The van der Waals surface area contributed by atoms with Crippen LogP contribution in [0.2, 0.25) is 10.0 Å². The molecule has 6 heteroatoms. The normalized spacial score (nSPS) is 20.6. The lowest BCUT2D eigenvalue weighted by Crippen LogP contribution is -2.49. The number of ether oxygens (including phenoxy) is 2. The number of morpholine rings is 1. The van der Waals surface area contributed by atoms with Gasteiger partial charge in [-0.25, -0.2) is 0 Å². The summed E-state index contributed by atoms with van der Waals surface area (Å²) in [5.74, 6) is 0.393. The standard InChI is InChI=1S/C14H17Cl2NO3/c1-9-8-17(5-6-19-9)14(18)10(2)20-13-4-3-11(15)7-12(13)16/h3-4,7,9-10H,5-6,8H2,1-2H3. The van der Waals surface area contributed by atoms with Crippen molar-refractivity contribution in [1.29, 1.82) is 0 Å². The minimum Gasteiger partial charge on any atom is -0.479 e. The van der Waals surface area contributed by atoms with Crippen molar-refractivity contribution in [2.24, 2.45) is 0 Å². The molecule has 0 N–H and O–H groups in total. The summed E-state index contributed by atoms with van der Waals surface area (Å²) in [6.07, 6.45) is -0.544. The van der Waals surface area contributed by atoms with E-state index in [-0.39, 0.29) is 12.0 Å². The Kier molecular flexibility index (Phi) is 5.13. The van der Waals surface area contributed by atoms with Gasteiger partial charge < -0.3 is 14.4 Å². The van der Waals surface area contributed by atoms with Crippen molar-refractivity contribution in [2.45, 2.75) is 26.1 Å². The Morgan fingerprint density at radius 1 is 1.50 bits per heavy atom. The van der Waals surface area contributed by atoms with Crippen molar-refractivity contribution < 1.29 is 14.3 Å². The van der Waals surface area contributed by atoms with E-state index in [1.807, 2.05) is 6.92 Å². The van der Waals surface area contributed by atoms with E-state index in [0.29, 0.717) is 35.5 Å². The van der Waals surface area contributed by atoms with Crippen molar-refractivity contribution in [2.75, 3.05) is 19.7 Å². The molecule has 110 valence electrons. The molecule has 20 heavy (non-hydrogen) atoms. The molecule has 1 aliphatic heterocycles. The van der Waals surface area contributed by atoms with Crippen LogP contribution >= 0.6 is 23.2 Å². The molecule has 2 rings (SSSR count). The molecule has 1 saturated heterocycles. The largest absolute Gasteiger partial charge is 0.479 e. The van der Waals surface area contributed by atoms with Gasteiger partial charge >= 0.3 is 0 Å². The van der Waals surface area contributed by atoms with Gasteiger partial charge in [-0.1, -0.05) is 23.2 Å². The lowest BCUT2D eigenvalue weighted by atomic mass is 10.2. The molecule has 0 aromatic heterocycles. The zero-order chi connectivity index (χ0) is 14.7. The Balaban J connectivity index is 2.00. The average molecular weight is 318 g/mol. The molecule has 0 saturated carbocycles. The number of hydrogen-bond acceptors (Lipinski definition) is 3. The highest BCUT2D eigenvalue weighted by Crippen LogP contribution is 2.28. The highest BCUT2D eigenvalue weighted by molar-refractivity contribution is 6.35. The molecule has 1 aromatic carbocycles. The van der Waals surface area contributed by atoms with Crippen molar-refractivity contribution in [3.05, 3.63) is 28.2 Å². The summed E-state index contributed by atoms with van der Waals surface area (Å²) in [7, 11) is 0. The minimum atomic E-state index is -0.598. The molecular formula is C14H17Cl2NO3. The van der Waals surface area contributed by atoms with Gasteiger partial charge in [0.15, 0.2) is 6.10 Å². The van der Waals surface area contributed by atoms with Gasteiger partial charge in [0.2, 0.25) is 0 Å². The average Bonchev–Trinajstić information content (AvgIpc) is 2.41. The third-order valence-corrected chi connectivity index (χ3v) is 3.63. The van der Waals surface area contributed by atoms with E-state index in [4.69, 9.17) is 32.7 Å². The molecule has 1 heterocycles. The van der Waals surface area contributed by atoms with Gasteiger partial charge in [-0.05, 0) is 32.0 Å². The van der Waals surface area contributed by atoms with E-state index in [1.165, 1.54) is 0 Å². The van der Waals surface area contributed by atoms with Crippen molar-refractivity contribution >= 4 is 29.1 Å². The molecule has 0 aliphatic carbocycles. The molecule has 1 aromatic rings. The molecule has 1 amide bonds. The second kappa shape index (κ2) is 6.66. The monoisotopic (exact) mass is 317 g/mol. The second-order valence-corrected chi connectivity index (χ2v) is 5.64. The molecular weight excluding hydrogens is 301 g/mol. The number of nitrogens with zero attached hydrogens (tertiary/aromatic N) is 1. The predicted octanol–water partition coefficient (Wildman–Crippen LogP) is 3.01. The van der Waals surface area contributed by atoms with Crippen LogP contribution in [0.3, 0.4) is 0 Å². The van der Waals surface area contributed by atoms with Crippen LogP contribution in [0.15, 0.2) is 18.2 Å². The van der Waals surface area contributed by atoms with E-state index < -0.39 is 6.10 Å². The number of amides is 1. The fraction of sp³-hybridized carbons (Fsp3) is 0.500. The topological polar surface area (TPSA) is 38.8 Å². The zero-order valence-corrected chi connectivity index (χ0v) is 12.9. The fourth-order valence-corrected chi connectivity index (χ4v) is 2.54. The first kappa shape index (κ1) is 15.4.